The number of rotatable bonds is 8. The number of hydrogen-bond acceptors (Lipinski definition) is 6. The second-order valence-corrected chi connectivity index (χ2v) is 9.74. The van der Waals surface area contributed by atoms with Crippen LogP contribution in [0.1, 0.15) is 18.4 Å². The van der Waals surface area contributed by atoms with Crippen molar-refractivity contribution in [1.29, 1.82) is 0 Å². The van der Waals surface area contributed by atoms with Crippen molar-refractivity contribution in [3.05, 3.63) is 48.0 Å². The van der Waals surface area contributed by atoms with Crippen LogP contribution in [0.25, 0.3) is 11.1 Å². The number of nitrogens with one attached hydrogen (secondary N) is 1. The molecule has 1 saturated carbocycles. The van der Waals surface area contributed by atoms with E-state index in [0.717, 1.165) is 11.1 Å². The summed E-state index contributed by atoms with van der Waals surface area (Å²) in [6, 6.07) is 12.9. The molecule has 0 bridgehead atoms. The summed E-state index contributed by atoms with van der Waals surface area (Å²) in [5.41, 5.74) is 9.02. The fourth-order valence-corrected chi connectivity index (χ4v) is 4.64. The molecule has 10 heteroatoms. The van der Waals surface area contributed by atoms with Crippen molar-refractivity contribution in [2.45, 2.75) is 31.7 Å². The number of hydrogen-bond donors (Lipinski definition) is 3. The van der Waals surface area contributed by atoms with E-state index < -0.39 is 24.8 Å². The topological polar surface area (TPSA) is 125 Å². The Morgan fingerprint density at radius 3 is 2.59 bits per heavy atom. The van der Waals surface area contributed by atoms with E-state index in [9.17, 15) is 18.8 Å². The van der Waals surface area contributed by atoms with Crippen molar-refractivity contribution in [3.8, 4) is 16.9 Å². The molecule has 0 aromatic heterocycles. The number of halogens is 1. The number of likely N-dealkylation sites (tertiary alicyclic amines) is 1. The van der Waals surface area contributed by atoms with Crippen LogP contribution in [0.5, 0.6) is 5.75 Å². The molecule has 2 aromatic carbocycles. The van der Waals surface area contributed by atoms with Crippen LogP contribution in [0.4, 0.5) is 10.1 Å². The number of benzene rings is 2. The number of carbonyl (C=O) groups excluding carboxylic acids is 3. The van der Waals surface area contributed by atoms with Gasteiger partial charge in [0.1, 0.15) is 18.5 Å². The van der Waals surface area contributed by atoms with Crippen LogP contribution in [-0.2, 0) is 20.9 Å². The summed E-state index contributed by atoms with van der Waals surface area (Å²) in [6.07, 6.45) is -1.24. The number of carbonyl (C=O) groups is 3. The third-order valence-corrected chi connectivity index (χ3v) is 6.88. The van der Waals surface area contributed by atoms with Gasteiger partial charge in [0.15, 0.2) is 6.17 Å². The molecule has 2 aromatic rings. The van der Waals surface area contributed by atoms with Gasteiger partial charge in [0.2, 0.25) is 17.7 Å². The normalized spacial score (nSPS) is 22.8. The number of nitrogens with zero attached hydrogens (tertiary/aromatic N) is 2. The Morgan fingerprint density at radius 2 is 1.92 bits per heavy atom. The summed E-state index contributed by atoms with van der Waals surface area (Å²) in [4.78, 5) is 39.1. The van der Waals surface area contributed by atoms with Gasteiger partial charge in [0.05, 0.1) is 18.4 Å². The van der Waals surface area contributed by atoms with Gasteiger partial charge < -0.3 is 30.7 Å². The third-order valence-electron chi connectivity index (χ3n) is 6.88. The van der Waals surface area contributed by atoms with Gasteiger partial charge >= 0.3 is 0 Å². The predicted molar refractivity (Wildman–Crippen MR) is 136 cm³/mol. The van der Waals surface area contributed by atoms with E-state index >= 15 is 0 Å². The number of piperidine rings is 1. The van der Waals surface area contributed by atoms with Crippen LogP contribution in [0, 0.1) is 11.8 Å². The van der Waals surface area contributed by atoms with E-state index in [-0.39, 0.29) is 36.7 Å². The first-order valence-electron chi connectivity index (χ1n) is 12.4. The zero-order valence-electron chi connectivity index (χ0n) is 21.0. The smallest absolute Gasteiger partial charge is 0.248 e. The lowest BCUT2D eigenvalue weighted by molar-refractivity contribution is -0.138. The molecule has 198 valence electrons. The van der Waals surface area contributed by atoms with Gasteiger partial charge in [-0.05, 0) is 41.8 Å². The van der Waals surface area contributed by atoms with Crippen molar-refractivity contribution in [1.82, 2.24) is 9.80 Å². The molecule has 3 amide bonds. The van der Waals surface area contributed by atoms with E-state index in [1.54, 1.807) is 26.2 Å². The summed E-state index contributed by atoms with van der Waals surface area (Å²) in [5, 5.41) is 11.9. The SMILES string of the molecule is CN(C)C(=O)[C@@H]1C[C@@H]1C(=O)Nc1cccc(-c2ccc(O[C@H]3CCN(C(=O)CO)C[C@H]3F)c(CN)c2)c1. The van der Waals surface area contributed by atoms with Gasteiger partial charge in [-0.25, -0.2) is 4.39 Å². The van der Waals surface area contributed by atoms with E-state index in [1.807, 2.05) is 30.3 Å². The first-order chi connectivity index (χ1) is 17.7. The minimum atomic E-state index is -1.38. The summed E-state index contributed by atoms with van der Waals surface area (Å²) >= 11 is 0. The summed E-state index contributed by atoms with van der Waals surface area (Å²) in [6.45, 7) is -0.270. The number of anilines is 1. The Bertz CT molecular complexity index is 1170. The number of amides is 3. The van der Waals surface area contributed by atoms with Gasteiger partial charge in [-0.15, -0.1) is 0 Å². The van der Waals surface area contributed by atoms with Crippen LogP contribution in [0.15, 0.2) is 42.5 Å². The van der Waals surface area contributed by atoms with E-state index in [4.69, 9.17) is 15.6 Å². The average molecular weight is 513 g/mol. The Morgan fingerprint density at radius 1 is 1.16 bits per heavy atom. The molecule has 4 rings (SSSR count). The molecular formula is C27H33FN4O5. The van der Waals surface area contributed by atoms with Gasteiger partial charge in [-0.1, -0.05) is 18.2 Å². The second kappa shape index (κ2) is 11.3. The lowest BCUT2D eigenvalue weighted by atomic mass is 10.0. The fourth-order valence-electron chi connectivity index (χ4n) is 4.64. The fraction of sp³-hybridized carbons (Fsp3) is 0.444. The largest absolute Gasteiger partial charge is 0.487 e. The van der Waals surface area contributed by atoms with Crippen LogP contribution in [0.2, 0.25) is 0 Å². The zero-order valence-corrected chi connectivity index (χ0v) is 21.0. The Labute approximate surface area is 215 Å². The average Bonchev–Trinajstić information content (AvgIpc) is 3.70. The minimum Gasteiger partial charge on any atom is -0.487 e. The molecule has 1 aliphatic carbocycles. The Balaban J connectivity index is 1.42. The first kappa shape index (κ1) is 26.6. The van der Waals surface area contributed by atoms with Crippen LogP contribution >= 0.6 is 0 Å². The Kier molecular flexibility index (Phi) is 8.09. The molecule has 4 N–H and O–H groups in total. The maximum atomic E-state index is 14.7. The molecule has 1 heterocycles. The highest BCUT2D eigenvalue weighted by molar-refractivity contribution is 5.99. The van der Waals surface area contributed by atoms with E-state index in [2.05, 4.69) is 5.32 Å². The van der Waals surface area contributed by atoms with E-state index in [0.29, 0.717) is 36.4 Å². The van der Waals surface area contributed by atoms with Crippen molar-refractivity contribution in [3.63, 3.8) is 0 Å². The monoisotopic (exact) mass is 512 g/mol. The highest BCUT2D eigenvalue weighted by Gasteiger charge is 2.48. The molecular weight excluding hydrogens is 479 g/mol. The number of nitrogens with two attached hydrogens (primary N) is 1. The number of alkyl halides is 1. The molecule has 37 heavy (non-hydrogen) atoms. The standard InChI is InChI=1S/C27H33FN4O5/c1-31(2)27(36)21-12-20(21)26(35)30-19-5-3-4-16(11-19)17-6-7-23(18(10-17)13-29)37-24-8-9-32(14-22(24)28)25(34)15-33/h3-7,10-11,20-22,24,33H,8-9,12-15,29H2,1-2H3,(H,30,35)/t20-,21+,22+,24-/m0/s1. The van der Waals surface area contributed by atoms with Crippen molar-refractivity contribution in [2.24, 2.45) is 17.6 Å². The molecule has 1 saturated heterocycles. The first-order valence-corrected chi connectivity index (χ1v) is 12.4. The molecule has 0 spiro atoms. The quantitative estimate of drug-likeness (QED) is 0.495. The second-order valence-electron chi connectivity index (χ2n) is 9.74. The summed E-state index contributed by atoms with van der Waals surface area (Å²) in [7, 11) is 3.37. The van der Waals surface area contributed by atoms with Crippen LogP contribution in [0.3, 0.4) is 0 Å². The number of ether oxygens (including phenoxy) is 1. The van der Waals surface area contributed by atoms with E-state index in [1.165, 1.54) is 9.80 Å². The minimum absolute atomic E-state index is 0.0335. The lowest BCUT2D eigenvalue weighted by Gasteiger charge is -2.34. The van der Waals surface area contributed by atoms with Gasteiger partial charge in [0, 0.05) is 44.9 Å². The lowest BCUT2D eigenvalue weighted by Crippen LogP contribution is -2.50. The van der Waals surface area contributed by atoms with Crippen molar-refractivity contribution >= 4 is 23.4 Å². The van der Waals surface area contributed by atoms with Gasteiger partial charge in [-0.3, -0.25) is 14.4 Å². The van der Waals surface area contributed by atoms with Gasteiger partial charge in [-0.2, -0.15) is 0 Å². The van der Waals surface area contributed by atoms with Crippen LogP contribution in [-0.4, -0.2) is 78.7 Å². The molecule has 1 aliphatic heterocycles. The van der Waals surface area contributed by atoms with Gasteiger partial charge in [0.25, 0.3) is 0 Å². The van der Waals surface area contributed by atoms with Crippen molar-refractivity contribution < 1.29 is 28.6 Å². The third kappa shape index (κ3) is 6.08. The summed E-state index contributed by atoms with van der Waals surface area (Å²) < 4.78 is 20.6. The predicted octanol–water partition coefficient (Wildman–Crippen LogP) is 1.79. The number of aliphatic hydroxyl groups is 1. The van der Waals surface area contributed by atoms with Crippen molar-refractivity contribution in [2.75, 3.05) is 39.1 Å². The summed E-state index contributed by atoms with van der Waals surface area (Å²) in [5.74, 6) is -0.790. The molecule has 0 radical (unpaired) electrons. The zero-order chi connectivity index (χ0) is 26.7. The maximum Gasteiger partial charge on any atom is 0.248 e. The molecule has 2 fully saturated rings. The number of aliphatic hydroxyl groups excluding tert-OH is 1. The molecule has 9 nitrogen and oxygen atoms in total. The van der Waals surface area contributed by atoms with Crippen LogP contribution < -0.4 is 15.8 Å². The highest BCUT2D eigenvalue weighted by atomic mass is 19.1. The maximum absolute atomic E-state index is 14.7. The Hall–Kier alpha value is -3.50. The molecule has 0 unspecified atom stereocenters. The highest BCUT2D eigenvalue weighted by Crippen LogP contribution is 2.40. The molecule has 4 atom stereocenters. The molecule has 2 aliphatic rings.